The second kappa shape index (κ2) is 12.5. The summed E-state index contributed by atoms with van der Waals surface area (Å²) in [5.74, 6) is 0.488. The monoisotopic (exact) mass is 560 g/mol. The van der Waals surface area contributed by atoms with Gasteiger partial charge >= 0.3 is 0 Å². The number of carbonyl (C=O) groups is 1. The van der Waals surface area contributed by atoms with E-state index in [1.807, 2.05) is 13.0 Å². The predicted octanol–water partition coefficient (Wildman–Crippen LogP) is 2.21. The van der Waals surface area contributed by atoms with Gasteiger partial charge in [0.15, 0.2) is 15.8 Å². The Bertz CT molecular complexity index is 1010. The maximum absolute atomic E-state index is 12.1. The van der Waals surface area contributed by atoms with Crippen LogP contribution in [0.2, 0.25) is 0 Å². The fourth-order valence-corrected chi connectivity index (χ4v) is 3.77. The Labute approximate surface area is 200 Å². The van der Waals surface area contributed by atoms with Crippen molar-refractivity contribution in [3.8, 4) is 5.75 Å². The number of aromatic hydroxyl groups is 1. The number of benzene rings is 2. The zero-order chi connectivity index (χ0) is 22.1. The van der Waals surface area contributed by atoms with Gasteiger partial charge in [-0.1, -0.05) is 12.1 Å². The first kappa shape index (κ1) is 26.7. The molecule has 0 spiro atoms. The summed E-state index contributed by atoms with van der Waals surface area (Å²) < 4.78 is 23.5. The summed E-state index contributed by atoms with van der Waals surface area (Å²) in [6, 6.07) is 11.2. The van der Waals surface area contributed by atoms with Crippen LogP contribution < -0.4 is 16.0 Å². The number of sulfone groups is 1. The van der Waals surface area contributed by atoms with Crippen molar-refractivity contribution in [3.63, 3.8) is 0 Å². The number of aliphatic imine (C=N–C) groups is 1. The summed E-state index contributed by atoms with van der Waals surface area (Å²) in [5.41, 5.74) is 2.07. The first-order valence-corrected chi connectivity index (χ1v) is 11.5. The van der Waals surface area contributed by atoms with Crippen molar-refractivity contribution in [2.24, 2.45) is 4.99 Å². The molecule has 0 aliphatic rings. The number of halogens is 1. The van der Waals surface area contributed by atoms with Gasteiger partial charge in [0.05, 0.1) is 11.4 Å². The Kier molecular flexibility index (Phi) is 10.8. The van der Waals surface area contributed by atoms with Gasteiger partial charge in [-0.2, -0.15) is 0 Å². The van der Waals surface area contributed by atoms with Crippen molar-refractivity contribution in [3.05, 3.63) is 59.2 Å². The van der Waals surface area contributed by atoms with Crippen molar-refractivity contribution < 1.29 is 18.3 Å². The van der Waals surface area contributed by atoms with Crippen LogP contribution in [0.3, 0.4) is 0 Å². The molecule has 0 aliphatic carbocycles. The summed E-state index contributed by atoms with van der Waals surface area (Å²) >= 11 is 0. The van der Waals surface area contributed by atoms with Gasteiger partial charge in [-0.3, -0.25) is 4.79 Å². The van der Waals surface area contributed by atoms with E-state index in [1.54, 1.807) is 31.2 Å². The first-order valence-electron chi connectivity index (χ1n) is 9.59. The second-order valence-electron chi connectivity index (χ2n) is 6.80. The first-order chi connectivity index (χ1) is 14.2. The van der Waals surface area contributed by atoms with Crippen LogP contribution in [0.5, 0.6) is 5.75 Å². The molecule has 0 saturated carbocycles. The van der Waals surface area contributed by atoms with Crippen LogP contribution in [0.4, 0.5) is 0 Å². The molecule has 1 amide bonds. The van der Waals surface area contributed by atoms with Gasteiger partial charge in [0.2, 0.25) is 0 Å². The smallest absolute Gasteiger partial charge is 0.251 e. The molecule has 0 bridgehead atoms. The van der Waals surface area contributed by atoms with Crippen LogP contribution in [0.1, 0.15) is 28.4 Å². The third kappa shape index (κ3) is 8.74. The molecule has 0 unspecified atom stereocenters. The zero-order valence-corrected chi connectivity index (χ0v) is 21.0. The van der Waals surface area contributed by atoms with Crippen molar-refractivity contribution in [1.82, 2.24) is 16.0 Å². The fraction of sp³-hybridized carbons (Fsp3) is 0.333. The van der Waals surface area contributed by atoms with Gasteiger partial charge in [0, 0.05) is 31.5 Å². The Balaban J connectivity index is 0.00000480. The minimum absolute atomic E-state index is 0. The Morgan fingerprint density at radius 2 is 1.68 bits per heavy atom. The number of rotatable bonds is 8. The molecule has 0 fully saturated rings. The van der Waals surface area contributed by atoms with Gasteiger partial charge in [-0.05, 0) is 55.3 Å². The number of aryl methyl sites for hydroxylation is 1. The van der Waals surface area contributed by atoms with Gasteiger partial charge in [-0.25, -0.2) is 13.4 Å². The predicted molar refractivity (Wildman–Crippen MR) is 133 cm³/mol. The number of phenols is 1. The summed E-state index contributed by atoms with van der Waals surface area (Å²) in [5, 5.41) is 18.3. The number of phenolic OH excluding ortho intramolecular Hbond substituents is 1. The normalized spacial score (nSPS) is 11.4. The molecule has 0 atom stereocenters. The standard InChI is InChI=1S/C21H28N4O4S.HI/c1-4-22-21(24-12-11-23-20(27)17-6-8-18(26)9-7-17)25-14-16-5-10-19(15(2)13-16)30(3,28)29;/h5-10,13,26H,4,11-12,14H2,1-3H3,(H,23,27)(H2,22,24,25);1H. The van der Waals surface area contributed by atoms with Crippen molar-refractivity contribution in [1.29, 1.82) is 0 Å². The average Bonchev–Trinajstić information content (AvgIpc) is 2.68. The lowest BCUT2D eigenvalue weighted by molar-refractivity contribution is 0.0954. The molecule has 2 rings (SSSR count). The lowest BCUT2D eigenvalue weighted by Gasteiger charge is -2.12. The molecule has 4 N–H and O–H groups in total. The molecule has 2 aromatic carbocycles. The molecule has 170 valence electrons. The van der Waals surface area contributed by atoms with E-state index < -0.39 is 9.84 Å². The molecule has 2 aromatic rings. The molecular formula is C21H29IN4O4S. The van der Waals surface area contributed by atoms with Crippen LogP contribution in [0, 0.1) is 6.92 Å². The number of amides is 1. The highest BCUT2D eigenvalue weighted by Gasteiger charge is 2.11. The van der Waals surface area contributed by atoms with E-state index in [1.165, 1.54) is 18.4 Å². The Hall–Kier alpha value is -2.34. The van der Waals surface area contributed by atoms with E-state index in [2.05, 4.69) is 20.9 Å². The van der Waals surface area contributed by atoms with Crippen LogP contribution >= 0.6 is 24.0 Å². The van der Waals surface area contributed by atoms with Crippen molar-refractivity contribution in [2.45, 2.75) is 25.3 Å². The van der Waals surface area contributed by atoms with E-state index in [0.29, 0.717) is 48.2 Å². The van der Waals surface area contributed by atoms with E-state index in [-0.39, 0.29) is 35.6 Å². The number of hydrogen-bond donors (Lipinski definition) is 4. The van der Waals surface area contributed by atoms with Gasteiger partial charge in [0.25, 0.3) is 5.91 Å². The maximum Gasteiger partial charge on any atom is 0.251 e. The van der Waals surface area contributed by atoms with Crippen molar-refractivity contribution in [2.75, 3.05) is 25.9 Å². The maximum atomic E-state index is 12.1. The van der Waals surface area contributed by atoms with Crippen LogP contribution in [0.25, 0.3) is 0 Å². The summed E-state index contributed by atoms with van der Waals surface area (Å²) in [6.07, 6.45) is 1.20. The van der Waals surface area contributed by atoms with Gasteiger partial charge in [-0.15, -0.1) is 24.0 Å². The summed E-state index contributed by atoms with van der Waals surface area (Å²) in [7, 11) is -3.24. The molecule has 0 radical (unpaired) electrons. The topological polar surface area (TPSA) is 120 Å². The molecule has 0 saturated heterocycles. The quantitative estimate of drug-likeness (QED) is 0.170. The molecule has 0 aromatic heterocycles. The highest BCUT2D eigenvalue weighted by atomic mass is 127. The van der Waals surface area contributed by atoms with Crippen LogP contribution in [-0.2, 0) is 16.4 Å². The third-order valence-electron chi connectivity index (χ3n) is 4.24. The lowest BCUT2D eigenvalue weighted by atomic mass is 10.1. The van der Waals surface area contributed by atoms with Crippen molar-refractivity contribution >= 4 is 45.7 Å². The summed E-state index contributed by atoms with van der Waals surface area (Å²) in [4.78, 5) is 16.9. The Morgan fingerprint density at radius 3 is 2.26 bits per heavy atom. The number of hydrogen-bond acceptors (Lipinski definition) is 5. The number of nitrogens with one attached hydrogen (secondary N) is 3. The minimum atomic E-state index is -3.24. The SMILES string of the molecule is CCNC(=NCc1ccc(S(C)(=O)=O)c(C)c1)NCCNC(=O)c1ccc(O)cc1.I. The summed E-state index contributed by atoms with van der Waals surface area (Å²) in [6.45, 7) is 5.66. The average molecular weight is 560 g/mol. The third-order valence-corrected chi connectivity index (χ3v) is 5.49. The lowest BCUT2D eigenvalue weighted by Crippen LogP contribution is -2.41. The molecular weight excluding hydrogens is 531 g/mol. The second-order valence-corrected chi connectivity index (χ2v) is 8.78. The van der Waals surface area contributed by atoms with E-state index in [0.717, 1.165) is 5.56 Å². The van der Waals surface area contributed by atoms with E-state index >= 15 is 0 Å². The van der Waals surface area contributed by atoms with E-state index in [9.17, 15) is 18.3 Å². The van der Waals surface area contributed by atoms with Gasteiger partial charge in [0.1, 0.15) is 5.75 Å². The minimum Gasteiger partial charge on any atom is -0.508 e. The molecule has 0 aliphatic heterocycles. The largest absolute Gasteiger partial charge is 0.508 e. The van der Waals surface area contributed by atoms with Gasteiger partial charge < -0.3 is 21.1 Å². The number of nitrogens with zero attached hydrogens (tertiary/aromatic N) is 1. The van der Waals surface area contributed by atoms with Crippen LogP contribution in [-0.4, -0.2) is 51.3 Å². The Morgan fingerprint density at radius 1 is 1.03 bits per heavy atom. The number of carbonyl (C=O) groups excluding carboxylic acids is 1. The molecule has 0 heterocycles. The number of guanidine groups is 1. The zero-order valence-electron chi connectivity index (χ0n) is 17.8. The molecule has 10 heteroatoms. The molecule has 31 heavy (non-hydrogen) atoms. The highest BCUT2D eigenvalue weighted by Crippen LogP contribution is 2.17. The highest BCUT2D eigenvalue weighted by molar-refractivity contribution is 14.0. The molecule has 8 nitrogen and oxygen atoms in total. The van der Waals surface area contributed by atoms with E-state index in [4.69, 9.17) is 0 Å². The van der Waals surface area contributed by atoms with Crippen LogP contribution in [0.15, 0.2) is 52.4 Å². The fourth-order valence-electron chi connectivity index (χ4n) is 2.81.